The number of fused-ring (bicyclic) bond motifs is 3. The van der Waals surface area contributed by atoms with Gasteiger partial charge in [-0.3, -0.25) is 4.98 Å². The van der Waals surface area contributed by atoms with Crippen molar-refractivity contribution in [2.75, 3.05) is 0 Å². The van der Waals surface area contributed by atoms with E-state index >= 15 is 0 Å². The van der Waals surface area contributed by atoms with Crippen LogP contribution in [0.15, 0.2) is 54.8 Å². The summed E-state index contributed by atoms with van der Waals surface area (Å²) in [4.78, 5) is 8.02. The zero-order chi connectivity index (χ0) is 11.9. The number of para-hydroxylation sites is 1. The molecule has 1 aliphatic carbocycles. The summed E-state index contributed by atoms with van der Waals surface area (Å²) in [6, 6.07) is 10.5. The van der Waals surface area contributed by atoms with Gasteiger partial charge in [0, 0.05) is 22.5 Å². The van der Waals surface area contributed by atoms with Crippen molar-refractivity contribution in [3.8, 4) is 0 Å². The van der Waals surface area contributed by atoms with E-state index in [9.17, 15) is 0 Å². The molecule has 0 amide bonds. The maximum absolute atomic E-state index is 4.53. The Kier molecular flexibility index (Phi) is 1.92. The van der Waals surface area contributed by atoms with Crippen LogP contribution in [0.4, 0.5) is 0 Å². The Morgan fingerprint density at radius 1 is 1.06 bits per heavy atom. The Morgan fingerprint density at radius 2 is 2.00 bits per heavy atom. The quantitative estimate of drug-likeness (QED) is 0.673. The van der Waals surface area contributed by atoms with E-state index in [0.29, 0.717) is 0 Å². The van der Waals surface area contributed by atoms with Gasteiger partial charge < -0.3 is 4.98 Å². The predicted molar refractivity (Wildman–Crippen MR) is 75.3 cm³/mol. The molecule has 2 heterocycles. The summed E-state index contributed by atoms with van der Waals surface area (Å²) in [6.45, 7) is 0. The molecule has 2 nitrogen and oxygen atoms in total. The smallest absolute Gasteiger partial charge is 0.0939 e. The van der Waals surface area contributed by atoms with Gasteiger partial charge >= 0.3 is 0 Å². The first-order chi connectivity index (χ1) is 8.93. The second-order valence-corrected chi connectivity index (χ2v) is 4.55. The molecule has 1 N–H and O–H groups in total. The average molecular weight is 232 g/mol. The second-order valence-electron chi connectivity index (χ2n) is 4.55. The summed E-state index contributed by atoms with van der Waals surface area (Å²) in [5.74, 6) is 0. The van der Waals surface area contributed by atoms with Crippen molar-refractivity contribution >= 4 is 27.4 Å². The topological polar surface area (TPSA) is 28.7 Å². The summed E-state index contributed by atoms with van der Waals surface area (Å²) in [6.07, 6.45) is 9.43. The largest absolute Gasteiger partial charge is 0.353 e. The molecule has 0 aliphatic heterocycles. The fraction of sp³-hybridized carbons (Fsp3) is 0.0625. The van der Waals surface area contributed by atoms with Gasteiger partial charge in [0.05, 0.1) is 11.2 Å². The predicted octanol–water partition coefficient (Wildman–Crippen LogP) is 4.06. The van der Waals surface area contributed by atoms with E-state index in [1.165, 1.54) is 21.9 Å². The molecular weight excluding hydrogens is 220 g/mol. The Hall–Kier alpha value is -2.35. The number of nitrogens with one attached hydrogen (secondary N) is 1. The van der Waals surface area contributed by atoms with Gasteiger partial charge in [0.1, 0.15) is 0 Å². The van der Waals surface area contributed by atoms with Crippen LogP contribution in [0, 0.1) is 0 Å². The molecule has 0 saturated carbocycles. The normalized spacial score (nSPS) is 14.6. The van der Waals surface area contributed by atoms with E-state index in [2.05, 4.69) is 58.5 Å². The van der Waals surface area contributed by atoms with Gasteiger partial charge in [-0.05, 0) is 24.1 Å². The van der Waals surface area contributed by atoms with Crippen LogP contribution >= 0.6 is 0 Å². The number of hydrogen-bond acceptors (Lipinski definition) is 1. The van der Waals surface area contributed by atoms with Gasteiger partial charge in [-0.1, -0.05) is 36.4 Å². The highest BCUT2D eigenvalue weighted by molar-refractivity contribution is 6.10. The average Bonchev–Trinajstić information content (AvgIpc) is 3.05. The van der Waals surface area contributed by atoms with Crippen LogP contribution < -0.4 is 0 Å². The summed E-state index contributed by atoms with van der Waals surface area (Å²) in [5.41, 5.74) is 4.57. The SMILES string of the molecule is C1=CC(c2nccc3c2[nH]c2ccccc23)=CC1. The molecule has 2 aromatic heterocycles. The molecule has 86 valence electrons. The highest BCUT2D eigenvalue weighted by Gasteiger charge is 2.11. The molecule has 18 heavy (non-hydrogen) atoms. The standard InChI is InChI=1S/C16H12N2/c1-2-6-11(5-1)15-16-13(9-10-17-15)12-7-3-4-8-14(12)18-16/h1,3-10,18H,2H2. The van der Waals surface area contributed by atoms with Crippen LogP contribution in [-0.2, 0) is 0 Å². The lowest BCUT2D eigenvalue weighted by molar-refractivity contribution is 1.30. The Bertz CT molecular complexity index is 806. The number of rotatable bonds is 1. The molecule has 0 fully saturated rings. The first-order valence-electron chi connectivity index (χ1n) is 6.16. The van der Waals surface area contributed by atoms with E-state index in [1.54, 1.807) is 0 Å². The number of allylic oxidation sites excluding steroid dienone is 4. The van der Waals surface area contributed by atoms with Crippen molar-refractivity contribution < 1.29 is 0 Å². The molecule has 0 unspecified atom stereocenters. The van der Waals surface area contributed by atoms with Crippen LogP contribution in [0.1, 0.15) is 12.1 Å². The molecule has 4 rings (SSSR count). The zero-order valence-electron chi connectivity index (χ0n) is 9.85. The van der Waals surface area contributed by atoms with E-state index in [-0.39, 0.29) is 0 Å². The summed E-state index contributed by atoms with van der Waals surface area (Å²) < 4.78 is 0. The molecule has 0 spiro atoms. The Balaban J connectivity index is 2.13. The van der Waals surface area contributed by atoms with E-state index in [0.717, 1.165) is 17.6 Å². The molecule has 2 heteroatoms. The molecular formula is C16H12N2. The lowest BCUT2D eigenvalue weighted by atomic mass is 10.1. The third-order valence-electron chi connectivity index (χ3n) is 3.47. The van der Waals surface area contributed by atoms with E-state index < -0.39 is 0 Å². The number of aromatic nitrogens is 2. The minimum Gasteiger partial charge on any atom is -0.353 e. The van der Waals surface area contributed by atoms with Gasteiger partial charge in [0.2, 0.25) is 0 Å². The summed E-state index contributed by atoms with van der Waals surface area (Å²) >= 11 is 0. The first-order valence-corrected chi connectivity index (χ1v) is 6.16. The number of benzene rings is 1. The zero-order valence-corrected chi connectivity index (χ0v) is 9.85. The van der Waals surface area contributed by atoms with Crippen LogP contribution in [0.25, 0.3) is 27.4 Å². The molecule has 0 radical (unpaired) electrons. The fourth-order valence-electron chi connectivity index (χ4n) is 2.63. The minimum absolute atomic E-state index is 1.01. The Morgan fingerprint density at radius 3 is 2.89 bits per heavy atom. The fourth-order valence-corrected chi connectivity index (χ4v) is 2.63. The molecule has 3 aromatic rings. The Labute approximate surface area is 105 Å². The number of H-pyrrole nitrogens is 1. The lowest BCUT2D eigenvalue weighted by Gasteiger charge is -2.00. The molecule has 1 aromatic carbocycles. The molecule has 0 saturated heterocycles. The van der Waals surface area contributed by atoms with Gasteiger partial charge in [0.15, 0.2) is 0 Å². The van der Waals surface area contributed by atoms with Gasteiger partial charge in [-0.15, -0.1) is 0 Å². The number of hydrogen-bond donors (Lipinski definition) is 1. The molecule has 1 aliphatic rings. The molecule has 0 bridgehead atoms. The minimum atomic E-state index is 1.01. The maximum atomic E-state index is 4.53. The van der Waals surface area contributed by atoms with Gasteiger partial charge in [-0.25, -0.2) is 0 Å². The maximum Gasteiger partial charge on any atom is 0.0939 e. The van der Waals surface area contributed by atoms with Crippen molar-refractivity contribution in [1.29, 1.82) is 0 Å². The van der Waals surface area contributed by atoms with Crippen LogP contribution in [-0.4, -0.2) is 9.97 Å². The second kappa shape index (κ2) is 3.57. The first kappa shape index (κ1) is 9.66. The van der Waals surface area contributed by atoms with Crippen LogP contribution in [0.2, 0.25) is 0 Å². The lowest BCUT2D eigenvalue weighted by Crippen LogP contribution is -1.87. The van der Waals surface area contributed by atoms with E-state index in [1.807, 2.05) is 6.20 Å². The van der Waals surface area contributed by atoms with Gasteiger partial charge in [0.25, 0.3) is 0 Å². The monoisotopic (exact) mass is 232 g/mol. The molecule has 0 atom stereocenters. The van der Waals surface area contributed by atoms with Crippen LogP contribution in [0.3, 0.4) is 0 Å². The van der Waals surface area contributed by atoms with Crippen molar-refractivity contribution in [2.45, 2.75) is 6.42 Å². The highest BCUT2D eigenvalue weighted by atomic mass is 14.8. The number of pyridine rings is 1. The number of nitrogens with zero attached hydrogens (tertiary/aromatic N) is 1. The summed E-state index contributed by atoms with van der Waals surface area (Å²) in [5, 5.41) is 2.51. The number of aromatic amines is 1. The third-order valence-corrected chi connectivity index (χ3v) is 3.47. The highest BCUT2D eigenvalue weighted by Crippen LogP contribution is 2.31. The van der Waals surface area contributed by atoms with Crippen molar-refractivity contribution in [3.05, 3.63) is 60.5 Å². The van der Waals surface area contributed by atoms with Crippen molar-refractivity contribution in [3.63, 3.8) is 0 Å². The van der Waals surface area contributed by atoms with Crippen LogP contribution in [0.5, 0.6) is 0 Å². The summed E-state index contributed by atoms with van der Waals surface area (Å²) in [7, 11) is 0. The van der Waals surface area contributed by atoms with E-state index in [4.69, 9.17) is 0 Å². The van der Waals surface area contributed by atoms with Crippen molar-refractivity contribution in [1.82, 2.24) is 9.97 Å². The van der Waals surface area contributed by atoms with Crippen molar-refractivity contribution in [2.24, 2.45) is 0 Å². The third kappa shape index (κ3) is 1.26. The van der Waals surface area contributed by atoms with Gasteiger partial charge in [-0.2, -0.15) is 0 Å².